The first-order valence-electron chi connectivity index (χ1n) is 7.34. The third kappa shape index (κ3) is 9.13. The Kier molecular flexibility index (Phi) is 10.3. The highest BCUT2D eigenvalue weighted by atomic mass is 127. The summed E-state index contributed by atoms with van der Waals surface area (Å²) in [5.41, 5.74) is 0. The van der Waals surface area contributed by atoms with Gasteiger partial charge in [0.15, 0.2) is 0 Å². The van der Waals surface area contributed by atoms with Crippen molar-refractivity contribution < 1.29 is 9.53 Å². The van der Waals surface area contributed by atoms with Crippen molar-refractivity contribution in [3.8, 4) is 5.75 Å². The van der Waals surface area contributed by atoms with Gasteiger partial charge in [-0.15, -0.1) is 0 Å². The molecular formula is C17H23IO2. The number of hydrogen-bond donors (Lipinski definition) is 0. The highest BCUT2D eigenvalue weighted by Gasteiger charge is 2.03. The highest BCUT2D eigenvalue weighted by Crippen LogP contribution is 2.12. The van der Waals surface area contributed by atoms with Crippen LogP contribution in [0.3, 0.4) is 0 Å². The summed E-state index contributed by atoms with van der Waals surface area (Å²) < 4.78 is 7.32. The molecule has 0 aliphatic carbocycles. The first-order valence-corrected chi connectivity index (χ1v) is 8.58. The summed E-state index contributed by atoms with van der Waals surface area (Å²) in [5.74, 6) is 0.518. The summed E-state index contributed by atoms with van der Waals surface area (Å²) in [6, 6.07) is 9.27. The molecule has 2 nitrogen and oxygen atoms in total. The number of unbranched alkanes of at least 4 members (excludes halogenated alkanes) is 6. The molecule has 20 heavy (non-hydrogen) atoms. The third-order valence-electron chi connectivity index (χ3n) is 3.07. The van der Waals surface area contributed by atoms with Crippen molar-refractivity contribution in [2.45, 2.75) is 51.4 Å². The first-order chi connectivity index (χ1) is 9.83. The summed E-state index contributed by atoms with van der Waals surface area (Å²) in [7, 11) is 0. The minimum Gasteiger partial charge on any atom is -0.427 e. The zero-order chi connectivity index (χ0) is 14.5. The number of allylic oxidation sites excluding steroid dienone is 1. The number of benzene rings is 1. The second kappa shape index (κ2) is 11.9. The molecule has 110 valence electrons. The van der Waals surface area contributed by atoms with E-state index in [1.807, 2.05) is 30.3 Å². The maximum Gasteiger partial charge on any atom is 0.311 e. The highest BCUT2D eigenvalue weighted by molar-refractivity contribution is 14.1. The summed E-state index contributed by atoms with van der Waals surface area (Å²) in [6.07, 6.45) is 11.0. The Hall–Kier alpha value is -0.840. The average Bonchev–Trinajstić information content (AvgIpc) is 2.46. The lowest BCUT2D eigenvalue weighted by molar-refractivity contribution is -0.134. The van der Waals surface area contributed by atoms with E-state index in [-0.39, 0.29) is 5.97 Å². The largest absolute Gasteiger partial charge is 0.427 e. The van der Waals surface area contributed by atoms with Crippen molar-refractivity contribution in [3.63, 3.8) is 0 Å². The molecule has 0 saturated heterocycles. The Morgan fingerprint density at radius 1 is 1.00 bits per heavy atom. The van der Waals surface area contributed by atoms with E-state index in [0.717, 1.165) is 12.8 Å². The van der Waals surface area contributed by atoms with Crippen LogP contribution in [-0.2, 0) is 4.79 Å². The van der Waals surface area contributed by atoms with Gasteiger partial charge in [0.25, 0.3) is 0 Å². The number of esters is 1. The van der Waals surface area contributed by atoms with Crippen LogP contribution in [0.25, 0.3) is 0 Å². The van der Waals surface area contributed by atoms with E-state index in [2.05, 4.69) is 32.7 Å². The van der Waals surface area contributed by atoms with E-state index in [9.17, 15) is 4.79 Å². The molecule has 0 unspecified atom stereocenters. The second-order valence-corrected chi connectivity index (χ2v) is 5.53. The van der Waals surface area contributed by atoms with E-state index in [1.54, 1.807) is 0 Å². The van der Waals surface area contributed by atoms with Gasteiger partial charge in [-0.25, -0.2) is 0 Å². The van der Waals surface area contributed by atoms with Crippen molar-refractivity contribution in [3.05, 3.63) is 40.5 Å². The van der Waals surface area contributed by atoms with Crippen LogP contribution >= 0.6 is 22.6 Å². The lowest BCUT2D eigenvalue weighted by Gasteiger charge is -2.04. The molecule has 0 aliphatic rings. The standard InChI is InChI=1S/C17H23IO2/c18-15-11-6-4-2-1-3-5-10-14-17(19)20-16-12-8-7-9-13-16/h7-9,11-13,15H,1-6,10,14H2. The number of rotatable bonds is 10. The van der Waals surface area contributed by atoms with Gasteiger partial charge in [0.1, 0.15) is 5.75 Å². The molecule has 0 amide bonds. The van der Waals surface area contributed by atoms with Crippen LogP contribution in [0.4, 0.5) is 0 Å². The summed E-state index contributed by atoms with van der Waals surface area (Å²) in [6.45, 7) is 0. The first kappa shape index (κ1) is 17.2. The molecular weight excluding hydrogens is 363 g/mol. The molecule has 0 aliphatic heterocycles. The van der Waals surface area contributed by atoms with Crippen molar-refractivity contribution in [2.24, 2.45) is 0 Å². The Labute approximate surface area is 135 Å². The van der Waals surface area contributed by atoms with Crippen LogP contribution < -0.4 is 4.74 Å². The average molecular weight is 386 g/mol. The van der Waals surface area contributed by atoms with Gasteiger partial charge in [-0.2, -0.15) is 0 Å². The van der Waals surface area contributed by atoms with Gasteiger partial charge in [0.2, 0.25) is 0 Å². The van der Waals surface area contributed by atoms with Crippen LogP contribution in [0.15, 0.2) is 40.5 Å². The fraction of sp³-hybridized carbons (Fsp3) is 0.471. The Balaban J connectivity index is 1.94. The lowest BCUT2D eigenvalue weighted by atomic mass is 10.1. The molecule has 1 aromatic rings. The minimum absolute atomic E-state index is 0.122. The number of carbonyl (C=O) groups excluding carboxylic acids is 1. The minimum atomic E-state index is -0.122. The zero-order valence-electron chi connectivity index (χ0n) is 11.9. The summed E-state index contributed by atoms with van der Waals surface area (Å²) >= 11 is 2.26. The van der Waals surface area contributed by atoms with E-state index in [1.165, 1.54) is 32.1 Å². The van der Waals surface area contributed by atoms with E-state index < -0.39 is 0 Å². The molecule has 0 fully saturated rings. The van der Waals surface area contributed by atoms with E-state index in [4.69, 9.17) is 4.74 Å². The molecule has 0 saturated carbocycles. The lowest BCUT2D eigenvalue weighted by Crippen LogP contribution is -2.07. The molecule has 1 aromatic carbocycles. The van der Waals surface area contributed by atoms with Gasteiger partial charge < -0.3 is 4.74 Å². The smallest absolute Gasteiger partial charge is 0.311 e. The molecule has 0 N–H and O–H groups in total. The molecule has 0 heterocycles. The van der Waals surface area contributed by atoms with E-state index in [0.29, 0.717) is 12.2 Å². The Morgan fingerprint density at radius 2 is 1.65 bits per heavy atom. The van der Waals surface area contributed by atoms with Gasteiger partial charge in [-0.1, -0.05) is 72.5 Å². The fourth-order valence-electron chi connectivity index (χ4n) is 1.97. The number of para-hydroxylation sites is 1. The fourth-order valence-corrected chi connectivity index (χ4v) is 2.33. The number of ether oxygens (including phenoxy) is 1. The number of halogens is 1. The molecule has 1 rings (SSSR count). The van der Waals surface area contributed by atoms with Crippen LogP contribution in [0.2, 0.25) is 0 Å². The Morgan fingerprint density at radius 3 is 2.35 bits per heavy atom. The van der Waals surface area contributed by atoms with Crippen LogP contribution in [0.1, 0.15) is 51.4 Å². The van der Waals surface area contributed by atoms with Gasteiger partial charge >= 0.3 is 5.97 Å². The zero-order valence-corrected chi connectivity index (χ0v) is 14.1. The predicted octanol–water partition coefficient (Wildman–Crippen LogP) is 5.66. The molecule has 0 spiro atoms. The van der Waals surface area contributed by atoms with Crippen molar-refractivity contribution in [1.29, 1.82) is 0 Å². The topological polar surface area (TPSA) is 26.3 Å². The molecule has 0 atom stereocenters. The summed E-state index contributed by atoms with van der Waals surface area (Å²) in [4.78, 5) is 11.6. The van der Waals surface area contributed by atoms with Crippen molar-refractivity contribution in [1.82, 2.24) is 0 Å². The summed E-state index contributed by atoms with van der Waals surface area (Å²) in [5, 5.41) is 0. The quantitative estimate of drug-likeness (QED) is 0.224. The van der Waals surface area contributed by atoms with Gasteiger partial charge in [-0.05, 0) is 35.5 Å². The number of hydrogen-bond acceptors (Lipinski definition) is 2. The molecule has 0 bridgehead atoms. The normalized spacial score (nSPS) is 10.8. The monoisotopic (exact) mass is 386 g/mol. The van der Waals surface area contributed by atoms with E-state index >= 15 is 0 Å². The van der Waals surface area contributed by atoms with Gasteiger partial charge in [0, 0.05) is 6.42 Å². The third-order valence-corrected chi connectivity index (χ3v) is 3.57. The van der Waals surface area contributed by atoms with Crippen molar-refractivity contribution >= 4 is 28.6 Å². The predicted molar refractivity (Wildman–Crippen MR) is 92.2 cm³/mol. The Bertz CT molecular complexity index is 387. The SMILES string of the molecule is O=C(CCCCCCCCC=CI)Oc1ccccc1. The second-order valence-electron chi connectivity index (χ2n) is 4.81. The van der Waals surface area contributed by atoms with Crippen LogP contribution in [-0.4, -0.2) is 5.97 Å². The maximum absolute atomic E-state index is 11.6. The van der Waals surface area contributed by atoms with Gasteiger partial charge in [0.05, 0.1) is 0 Å². The number of carbonyl (C=O) groups is 1. The van der Waals surface area contributed by atoms with Crippen molar-refractivity contribution in [2.75, 3.05) is 0 Å². The molecule has 0 radical (unpaired) electrons. The molecule has 3 heteroatoms. The maximum atomic E-state index is 11.6. The molecule has 0 aromatic heterocycles. The van der Waals surface area contributed by atoms with Crippen LogP contribution in [0, 0.1) is 0 Å². The van der Waals surface area contributed by atoms with Gasteiger partial charge in [-0.3, -0.25) is 4.79 Å². The van der Waals surface area contributed by atoms with Crippen LogP contribution in [0.5, 0.6) is 5.75 Å².